The third-order valence-corrected chi connectivity index (χ3v) is 7.48. The van der Waals surface area contributed by atoms with E-state index in [2.05, 4.69) is 0 Å². The number of carbonyl (C=O) groups excluding carboxylic acids is 1. The Kier molecular flexibility index (Phi) is 2.98. The van der Waals surface area contributed by atoms with Crippen molar-refractivity contribution in [3.63, 3.8) is 0 Å². The number of aliphatic hydroxyl groups excluding tert-OH is 1. The van der Waals surface area contributed by atoms with Gasteiger partial charge in [0.1, 0.15) is 0 Å². The lowest BCUT2D eigenvalue weighted by atomic mass is 9.61. The van der Waals surface area contributed by atoms with Crippen molar-refractivity contribution in [2.45, 2.75) is 57.0 Å². The quantitative estimate of drug-likeness (QED) is 0.828. The second-order valence-corrected chi connectivity index (χ2v) is 8.46. The normalized spacial score (nSPS) is 43.8. The van der Waals surface area contributed by atoms with E-state index in [4.69, 9.17) is 0 Å². The number of aliphatic carboxylic acids is 1. The molecule has 6 heteroatoms. The Hall–Kier alpha value is -1.17. The summed E-state index contributed by atoms with van der Waals surface area (Å²) >= 11 is 0. The molecule has 5 nitrogen and oxygen atoms in total. The fourth-order valence-electron chi connectivity index (χ4n) is 5.73. The molecule has 23 heavy (non-hydrogen) atoms. The van der Waals surface area contributed by atoms with Crippen molar-refractivity contribution >= 4 is 11.9 Å². The summed E-state index contributed by atoms with van der Waals surface area (Å²) in [5.41, 5.74) is -3.62. The van der Waals surface area contributed by atoms with Crippen LogP contribution in [0.1, 0.15) is 51.4 Å². The number of nitrogens with zero attached hydrogens (tertiary/aromatic N) is 1. The Bertz CT molecular complexity index is 553. The minimum atomic E-state index is -1.70. The van der Waals surface area contributed by atoms with Gasteiger partial charge >= 0.3 is 5.97 Å². The summed E-state index contributed by atoms with van der Waals surface area (Å²) in [5.74, 6) is -0.867. The third-order valence-electron chi connectivity index (χ3n) is 7.48. The number of halogens is 1. The predicted octanol–water partition coefficient (Wildman–Crippen LogP) is 1.73. The van der Waals surface area contributed by atoms with E-state index in [0.29, 0.717) is 38.6 Å². The predicted molar refractivity (Wildman–Crippen MR) is 79.4 cm³/mol. The van der Waals surface area contributed by atoms with Gasteiger partial charge in [0.15, 0.2) is 5.67 Å². The zero-order valence-electron chi connectivity index (χ0n) is 13.3. The number of fused-ring (bicyclic) bond motifs is 2. The van der Waals surface area contributed by atoms with Crippen LogP contribution in [0.5, 0.6) is 0 Å². The van der Waals surface area contributed by atoms with E-state index in [1.54, 1.807) is 4.90 Å². The maximum Gasteiger partial charge on any atom is 0.309 e. The van der Waals surface area contributed by atoms with E-state index >= 15 is 4.39 Å². The number of hydrogen-bond acceptors (Lipinski definition) is 3. The number of hydrogen-bond donors (Lipinski definition) is 2. The second kappa shape index (κ2) is 4.47. The molecule has 2 bridgehead atoms. The summed E-state index contributed by atoms with van der Waals surface area (Å²) in [4.78, 5) is 26.3. The third kappa shape index (κ3) is 1.76. The first-order valence-electron chi connectivity index (χ1n) is 8.63. The molecule has 4 rings (SSSR count). The molecule has 1 heterocycles. The first-order chi connectivity index (χ1) is 10.8. The summed E-state index contributed by atoms with van der Waals surface area (Å²) in [6, 6.07) is 0. The topological polar surface area (TPSA) is 77.8 Å². The molecule has 0 aromatic carbocycles. The molecule has 4 fully saturated rings. The van der Waals surface area contributed by atoms with E-state index in [-0.39, 0.29) is 12.5 Å². The molecule has 0 radical (unpaired) electrons. The second-order valence-electron chi connectivity index (χ2n) is 8.46. The highest BCUT2D eigenvalue weighted by Crippen LogP contribution is 2.63. The van der Waals surface area contributed by atoms with Crippen LogP contribution < -0.4 is 0 Å². The van der Waals surface area contributed by atoms with Crippen molar-refractivity contribution in [3.8, 4) is 0 Å². The fourth-order valence-corrected chi connectivity index (χ4v) is 5.73. The number of aliphatic hydroxyl groups is 1. The summed E-state index contributed by atoms with van der Waals surface area (Å²) in [6.07, 6.45) is 5.08. The molecule has 3 saturated carbocycles. The van der Waals surface area contributed by atoms with Crippen molar-refractivity contribution < 1.29 is 24.2 Å². The zero-order valence-corrected chi connectivity index (χ0v) is 13.3. The molecule has 1 unspecified atom stereocenters. The monoisotopic (exact) mass is 325 g/mol. The van der Waals surface area contributed by atoms with Crippen molar-refractivity contribution in [3.05, 3.63) is 0 Å². The Morgan fingerprint density at radius 3 is 2.00 bits per heavy atom. The number of carboxylic acids is 1. The molecule has 1 saturated heterocycles. The molecule has 1 amide bonds. The molecule has 1 atom stereocenters. The van der Waals surface area contributed by atoms with Crippen LogP contribution in [0, 0.1) is 16.2 Å². The van der Waals surface area contributed by atoms with Gasteiger partial charge in [0.2, 0.25) is 5.91 Å². The standard InChI is InChI=1S/C17H24FNO4/c18-17(11-20)10-19(9-16(17)2-1-3-16)12(21)14-4-6-15(8-14,7-5-14)13(22)23/h20H,1-11H2,(H,22,23). The number of rotatable bonds is 3. The SMILES string of the molecule is O=C(O)C12CCC(C(=O)N3CC(F)(CO)C4(CCC4)C3)(CC1)C2. The zero-order chi connectivity index (χ0) is 16.5. The van der Waals surface area contributed by atoms with E-state index in [1.807, 2.05) is 0 Å². The van der Waals surface area contributed by atoms with Crippen LogP contribution >= 0.6 is 0 Å². The highest BCUT2D eigenvalue weighted by atomic mass is 19.1. The number of carboxylic acid groups (broad SMARTS) is 1. The lowest BCUT2D eigenvalue weighted by Crippen LogP contribution is -2.50. The van der Waals surface area contributed by atoms with Crippen LogP contribution in [0.15, 0.2) is 0 Å². The average Bonchev–Trinajstić information content (AvgIpc) is 3.15. The molecule has 1 spiro atoms. The molecular formula is C17H24FNO4. The smallest absolute Gasteiger partial charge is 0.309 e. The van der Waals surface area contributed by atoms with Crippen molar-refractivity contribution in [1.82, 2.24) is 4.90 Å². The van der Waals surface area contributed by atoms with Gasteiger partial charge in [-0.2, -0.15) is 0 Å². The molecule has 3 aliphatic carbocycles. The fraction of sp³-hybridized carbons (Fsp3) is 0.882. The minimum absolute atomic E-state index is 0.0375. The number of alkyl halides is 1. The number of amides is 1. The first-order valence-corrected chi connectivity index (χ1v) is 8.63. The van der Waals surface area contributed by atoms with Crippen LogP contribution in [0.3, 0.4) is 0 Å². The van der Waals surface area contributed by atoms with Gasteiger partial charge in [0.25, 0.3) is 0 Å². The van der Waals surface area contributed by atoms with Gasteiger partial charge in [-0.05, 0) is 44.9 Å². The lowest BCUT2D eigenvalue weighted by molar-refractivity contribution is -0.148. The van der Waals surface area contributed by atoms with Gasteiger partial charge in [-0.25, -0.2) is 4.39 Å². The number of carbonyl (C=O) groups is 2. The highest BCUT2D eigenvalue weighted by Gasteiger charge is 2.66. The Morgan fingerprint density at radius 1 is 1.00 bits per heavy atom. The van der Waals surface area contributed by atoms with Gasteiger partial charge < -0.3 is 15.1 Å². The maximum absolute atomic E-state index is 15.1. The van der Waals surface area contributed by atoms with Crippen LogP contribution in [0.4, 0.5) is 4.39 Å². The van der Waals surface area contributed by atoms with Gasteiger partial charge in [-0.1, -0.05) is 6.42 Å². The summed E-state index contributed by atoms with van der Waals surface area (Å²) in [7, 11) is 0. The Morgan fingerprint density at radius 2 is 1.61 bits per heavy atom. The highest BCUT2D eigenvalue weighted by molar-refractivity contribution is 5.87. The lowest BCUT2D eigenvalue weighted by Gasteiger charge is -2.45. The number of likely N-dealkylation sites (tertiary alicyclic amines) is 1. The molecular weight excluding hydrogens is 301 g/mol. The van der Waals surface area contributed by atoms with E-state index in [0.717, 1.165) is 19.3 Å². The van der Waals surface area contributed by atoms with E-state index in [1.165, 1.54) is 0 Å². The first kappa shape index (κ1) is 15.4. The van der Waals surface area contributed by atoms with Gasteiger partial charge in [0.05, 0.1) is 24.0 Å². The van der Waals surface area contributed by atoms with Crippen LogP contribution in [-0.4, -0.2) is 52.4 Å². The van der Waals surface area contributed by atoms with Crippen LogP contribution in [0.25, 0.3) is 0 Å². The summed E-state index contributed by atoms with van der Waals surface area (Å²) in [5, 5.41) is 19.0. The van der Waals surface area contributed by atoms with Gasteiger partial charge in [-0.3, -0.25) is 9.59 Å². The van der Waals surface area contributed by atoms with Crippen LogP contribution in [-0.2, 0) is 9.59 Å². The van der Waals surface area contributed by atoms with E-state index < -0.39 is 34.5 Å². The maximum atomic E-state index is 15.1. The van der Waals surface area contributed by atoms with Crippen LogP contribution in [0.2, 0.25) is 0 Å². The molecule has 1 aliphatic heterocycles. The van der Waals surface area contributed by atoms with E-state index in [9.17, 15) is 19.8 Å². The van der Waals surface area contributed by atoms with Crippen molar-refractivity contribution in [1.29, 1.82) is 0 Å². The van der Waals surface area contributed by atoms with Gasteiger partial charge in [-0.15, -0.1) is 0 Å². The molecule has 0 aromatic rings. The molecule has 4 aliphatic rings. The molecule has 0 aromatic heterocycles. The van der Waals surface area contributed by atoms with Crippen molar-refractivity contribution in [2.24, 2.45) is 16.2 Å². The Labute approximate surface area is 134 Å². The Balaban J connectivity index is 1.56. The molecule has 128 valence electrons. The average molecular weight is 325 g/mol. The summed E-state index contributed by atoms with van der Waals surface area (Å²) in [6.45, 7) is -0.197. The summed E-state index contributed by atoms with van der Waals surface area (Å²) < 4.78 is 15.1. The largest absolute Gasteiger partial charge is 0.481 e. The van der Waals surface area contributed by atoms with Crippen molar-refractivity contribution in [2.75, 3.05) is 19.7 Å². The minimum Gasteiger partial charge on any atom is -0.481 e. The molecule has 2 N–H and O–H groups in total. The van der Waals surface area contributed by atoms with Gasteiger partial charge in [0, 0.05) is 12.0 Å².